The van der Waals surface area contributed by atoms with E-state index in [1.807, 2.05) is 37.3 Å². The molecule has 0 aliphatic carbocycles. The first-order valence-corrected chi connectivity index (χ1v) is 8.86. The summed E-state index contributed by atoms with van der Waals surface area (Å²) in [6, 6.07) is 16.6. The minimum atomic E-state index is -4.24. The second kappa shape index (κ2) is 7.91. The SMILES string of the molecule is Cc1ccccc1COc1ccc(N2CC(C(F)(F)F)CC2CC#N)cc1. The standard InChI is InChI=1S/C21H21F3N2O/c1-15-4-2-3-5-16(15)14-27-20-8-6-18(7-9-20)26-13-17(21(22,23)24)12-19(26)10-11-25/h2-9,17,19H,10,12-14H2,1H3. The number of nitriles is 1. The van der Waals surface area contributed by atoms with Gasteiger partial charge in [-0.15, -0.1) is 0 Å². The van der Waals surface area contributed by atoms with Crippen LogP contribution in [0.1, 0.15) is 24.0 Å². The lowest BCUT2D eigenvalue weighted by Gasteiger charge is -2.25. The molecule has 0 aromatic heterocycles. The van der Waals surface area contributed by atoms with Gasteiger partial charge in [-0.1, -0.05) is 24.3 Å². The summed E-state index contributed by atoms with van der Waals surface area (Å²) >= 11 is 0. The number of nitrogens with zero attached hydrogens (tertiary/aromatic N) is 2. The highest BCUT2D eigenvalue weighted by Gasteiger charge is 2.47. The van der Waals surface area contributed by atoms with E-state index in [1.54, 1.807) is 29.2 Å². The minimum Gasteiger partial charge on any atom is -0.489 e. The topological polar surface area (TPSA) is 36.3 Å². The number of aryl methyl sites for hydroxylation is 1. The molecular weight excluding hydrogens is 353 g/mol. The van der Waals surface area contributed by atoms with Crippen molar-refractivity contribution in [1.82, 2.24) is 0 Å². The predicted octanol–water partition coefficient (Wildman–Crippen LogP) is 5.24. The van der Waals surface area contributed by atoms with Crippen LogP contribution in [0.4, 0.5) is 18.9 Å². The molecule has 3 rings (SSSR count). The van der Waals surface area contributed by atoms with Crippen molar-refractivity contribution in [1.29, 1.82) is 5.26 Å². The van der Waals surface area contributed by atoms with Gasteiger partial charge in [0, 0.05) is 18.3 Å². The number of alkyl halides is 3. The minimum absolute atomic E-state index is 0.0391. The Kier molecular flexibility index (Phi) is 5.59. The highest BCUT2D eigenvalue weighted by Crippen LogP contribution is 2.39. The van der Waals surface area contributed by atoms with Gasteiger partial charge in [0.1, 0.15) is 12.4 Å². The molecule has 2 aromatic carbocycles. The fraction of sp³-hybridized carbons (Fsp3) is 0.381. The van der Waals surface area contributed by atoms with Crippen LogP contribution in [0, 0.1) is 24.2 Å². The zero-order valence-corrected chi connectivity index (χ0v) is 15.0. The zero-order chi connectivity index (χ0) is 19.4. The second-order valence-electron chi connectivity index (χ2n) is 6.85. The third-order valence-corrected chi connectivity index (χ3v) is 5.03. The molecule has 2 unspecified atom stereocenters. The molecule has 1 aliphatic heterocycles. The van der Waals surface area contributed by atoms with Crippen molar-refractivity contribution in [2.24, 2.45) is 5.92 Å². The van der Waals surface area contributed by atoms with E-state index in [2.05, 4.69) is 0 Å². The van der Waals surface area contributed by atoms with Crippen LogP contribution in [-0.4, -0.2) is 18.8 Å². The van der Waals surface area contributed by atoms with Gasteiger partial charge in [-0.25, -0.2) is 0 Å². The van der Waals surface area contributed by atoms with Crippen molar-refractivity contribution in [3.63, 3.8) is 0 Å². The van der Waals surface area contributed by atoms with Gasteiger partial charge in [0.2, 0.25) is 0 Å². The van der Waals surface area contributed by atoms with E-state index in [0.29, 0.717) is 18.0 Å². The molecule has 142 valence electrons. The molecule has 0 spiro atoms. The van der Waals surface area contributed by atoms with Crippen molar-refractivity contribution >= 4 is 5.69 Å². The summed E-state index contributed by atoms with van der Waals surface area (Å²) in [5.41, 5.74) is 2.91. The summed E-state index contributed by atoms with van der Waals surface area (Å²) in [6.07, 6.45) is -4.19. The molecule has 1 aliphatic rings. The van der Waals surface area contributed by atoms with Crippen molar-refractivity contribution in [3.8, 4) is 11.8 Å². The van der Waals surface area contributed by atoms with Gasteiger partial charge < -0.3 is 9.64 Å². The Morgan fingerprint density at radius 2 is 1.85 bits per heavy atom. The van der Waals surface area contributed by atoms with Crippen molar-refractivity contribution in [2.75, 3.05) is 11.4 Å². The first-order chi connectivity index (χ1) is 12.9. The molecule has 1 fully saturated rings. The number of ether oxygens (including phenoxy) is 1. The predicted molar refractivity (Wildman–Crippen MR) is 97.5 cm³/mol. The summed E-state index contributed by atoms with van der Waals surface area (Å²) in [7, 11) is 0. The van der Waals surface area contributed by atoms with Crippen LogP contribution in [0.3, 0.4) is 0 Å². The van der Waals surface area contributed by atoms with Gasteiger partial charge in [0.25, 0.3) is 0 Å². The van der Waals surface area contributed by atoms with E-state index in [4.69, 9.17) is 10.00 Å². The summed E-state index contributed by atoms with van der Waals surface area (Å²) in [6.45, 7) is 2.34. The Balaban J connectivity index is 1.68. The van der Waals surface area contributed by atoms with Gasteiger partial charge in [-0.05, 0) is 48.7 Å². The molecule has 0 radical (unpaired) electrons. The fourth-order valence-corrected chi connectivity index (χ4v) is 3.44. The first kappa shape index (κ1) is 19.1. The Bertz CT molecular complexity index is 811. The second-order valence-corrected chi connectivity index (χ2v) is 6.85. The normalized spacial score (nSPS) is 19.7. The molecule has 3 nitrogen and oxygen atoms in total. The molecular formula is C21H21F3N2O. The number of hydrogen-bond donors (Lipinski definition) is 0. The molecule has 27 heavy (non-hydrogen) atoms. The van der Waals surface area contributed by atoms with Crippen LogP contribution in [-0.2, 0) is 6.61 Å². The average molecular weight is 374 g/mol. The number of anilines is 1. The van der Waals surface area contributed by atoms with Crippen LogP contribution < -0.4 is 9.64 Å². The number of benzene rings is 2. The lowest BCUT2D eigenvalue weighted by molar-refractivity contribution is -0.168. The van der Waals surface area contributed by atoms with E-state index < -0.39 is 18.1 Å². The molecule has 6 heteroatoms. The van der Waals surface area contributed by atoms with E-state index in [9.17, 15) is 13.2 Å². The Morgan fingerprint density at radius 1 is 1.15 bits per heavy atom. The highest BCUT2D eigenvalue weighted by atomic mass is 19.4. The lowest BCUT2D eigenvalue weighted by atomic mass is 10.0. The zero-order valence-electron chi connectivity index (χ0n) is 15.0. The summed E-state index contributed by atoms with van der Waals surface area (Å²) in [4.78, 5) is 1.69. The molecule has 0 saturated carbocycles. The van der Waals surface area contributed by atoms with Crippen LogP contribution in [0.25, 0.3) is 0 Å². The molecule has 1 heterocycles. The fourth-order valence-electron chi connectivity index (χ4n) is 3.44. The largest absolute Gasteiger partial charge is 0.489 e. The van der Waals surface area contributed by atoms with Gasteiger partial charge >= 0.3 is 6.18 Å². The Labute approximate surface area is 157 Å². The third kappa shape index (κ3) is 4.54. The monoisotopic (exact) mass is 374 g/mol. The van der Waals surface area contributed by atoms with Crippen molar-refractivity contribution in [3.05, 3.63) is 59.7 Å². The van der Waals surface area contributed by atoms with Crippen LogP contribution in [0.15, 0.2) is 48.5 Å². The van der Waals surface area contributed by atoms with Gasteiger partial charge in [-0.2, -0.15) is 18.4 Å². The molecule has 0 bridgehead atoms. The quantitative estimate of drug-likeness (QED) is 0.718. The first-order valence-electron chi connectivity index (χ1n) is 8.86. The molecule has 2 atom stereocenters. The van der Waals surface area contributed by atoms with Gasteiger partial charge in [0.15, 0.2) is 0 Å². The highest BCUT2D eigenvalue weighted by molar-refractivity contribution is 5.51. The Hall–Kier alpha value is -2.68. The van der Waals surface area contributed by atoms with E-state index in [-0.39, 0.29) is 19.4 Å². The van der Waals surface area contributed by atoms with Gasteiger partial charge in [0.05, 0.1) is 18.4 Å². The molecule has 1 saturated heterocycles. The van der Waals surface area contributed by atoms with Crippen LogP contribution in [0.5, 0.6) is 5.75 Å². The van der Waals surface area contributed by atoms with Crippen molar-refractivity contribution in [2.45, 2.75) is 38.6 Å². The van der Waals surface area contributed by atoms with E-state index in [1.165, 1.54) is 0 Å². The number of rotatable bonds is 5. The van der Waals surface area contributed by atoms with Crippen LogP contribution >= 0.6 is 0 Å². The number of halogens is 3. The number of hydrogen-bond acceptors (Lipinski definition) is 3. The molecule has 2 aromatic rings. The summed E-state index contributed by atoms with van der Waals surface area (Å²) in [5, 5.41) is 8.95. The lowest BCUT2D eigenvalue weighted by Crippen LogP contribution is -2.30. The average Bonchev–Trinajstić information content (AvgIpc) is 3.06. The maximum atomic E-state index is 13.1. The summed E-state index contributed by atoms with van der Waals surface area (Å²) < 4.78 is 45.1. The smallest absolute Gasteiger partial charge is 0.393 e. The maximum absolute atomic E-state index is 13.1. The van der Waals surface area contributed by atoms with Gasteiger partial charge in [-0.3, -0.25) is 0 Å². The molecule has 0 N–H and O–H groups in total. The molecule has 0 amide bonds. The maximum Gasteiger partial charge on any atom is 0.393 e. The van der Waals surface area contributed by atoms with E-state index in [0.717, 1.165) is 11.1 Å². The summed E-state index contributed by atoms with van der Waals surface area (Å²) in [5.74, 6) is -0.738. The van der Waals surface area contributed by atoms with Crippen molar-refractivity contribution < 1.29 is 17.9 Å². The van der Waals surface area contributed by atoms with Crippen LogP contribution in [0.2, 0.25) is 0 Å². The van der Waals surface area contributed by atoms with E-state index >= 15 is 0 Å². The Morgan fingerprint density at radius 3 is 2.48 bits per heavy atom. The third-order valence-electron chi connectivity index (χ3n) is 5.03.